The van der Waals surface area contributed by atoms with Crippen LogP contribution in [0.25, 0.3) is 0 Å². The van der Waals surface area contributed by atoms with Gasteiger partial charge in [-0.1, -0.05) is 16.3 Å². The monoisotopic (exact) mass is 265 g/mol. The second kappa shape index (κ2) is 4.15. The Morgan fingerprint density at radius 3 is 2.77 bits per heavy atom. The van der Waals surface area contributed by atoms with Crippen molar-refractivity contribution in [3.05, 3.63) is 21.8 Å². The summed E-state index contributed by atoms with van der Waals surface area (Å²) in [6, 6.07) is 1.98. The van der Waals surface area contributed by atoms with Gasteiger partial charge in [0, 0.05) is 10.5 Å². The normalized spacial score (nSPS) is 10.5. The van der Waals surface area contributed by atoms with Gasteiger partial charge in [-0.2, -0.15) is 0 Å². The molecule has 0 aliphatic heterocycles. The molecule has 0 spiro atoms. The molecule has 1 aromatic heterocycles. The first-order chi connectivity index (χ1) is 6.00. The van der Waals surface area contributed by atoms with Crippen LogP contribution < -0.4 is 10.0 Å². The van der Waals surface area contributed by atoms with Gasteiger partial charge in [0.15, 0.2) is 6.20 Å². The van der Waals surface area contributed by atoms with Gasteiger partial charge < -0.3 is 5.21 Å². The van der Waals surface area contributed by atoms with Gasteiger partial charge in [-0.15, -0.1) is 0 Å². The van der Waals surface area contributed by atoms with E-state index in [0.717, 1.165) is 9.20 Å². The molecular formula is C8H11BrClN2O+. The van der Waals surface area contributed by atoms with Gasteiger partial charge in [-0.3, -0.25) is 5.32 Å². The Balaban J connectivity index is 3.01. The zero-order valence-corrected chi connectivity index (χ0v) is 9.72. The Bertz CT molecular complexity index is 317. The van der Waals surface area contributed by atoms with Gasteiger partial charge in [0.2, 0.25) is 0 Å². The third-order valence-corrected chi connectivity index (χ3v) is 2.60. The predicted octanol–water partition coefficient (Wildman–Crippen LogP) is 2.45. The third-order valence-electron chi connectivity index (χ3n) is 1.41. The molecule has 0 aromatic carbocycles. The summed E-state index contributed by atoms with van der Waals surface area (Å²) in [6.07, 6.45) is 1.43. The molecule has 1 rings (SSSR count). The molecule has 0 aliphatic rings. The molecule has 0 amide bonds. The topological polar surface area (TPSA) is 36.1 Å². The highest BCUT2D eigenvalue weighted by Gasteiger charge is 2.13. The number of halogens is 2. The van der Waals surface area contributed by atoms with Crippen LogP contribution in [0.15, 0.2) is 16.7 Å². The van der Waals surface area contributed by atoms with E-state index in [2.05, 4.69) is 21.2 Å². The highest BCUT2D eigenvalue weighted by atomic mass is 79.9. The summed E-state index contributed by atoms with van der Waals surface area (Å²) in [7, 11) is 0. The number of anilines is 1. The molecule has 0 saturated heterocycles. The molecule has 72 valence electrons. The second-order valence-corrected chi connectivity index (χ2v) is 4.26. The zero-order chi connectivity index (χ0) is 10.0. The van der Waals surface area contributed by atoms with Gasteiger partial charge in [0.25, 0.3) is 0 Å². The van der Waals surface area contributed by atoms with E-state index in [1.54, 1.807) is 6.07 Å². The van der Waals surface area contributed by atoms with Gasteiger partial charge in [0.1, 0.15) is 0 Å². The number of hydrogen-bond donors (Lipinski definition) is 2. The highest BCUT2D eigenvalue weighted by molar-refractivity contribution is 9.10. The Morgan fingerprint density at radius 1 is 1.62 bits per heavy atom. The van der Waals surface area contributed by atoms with Gasteiger partial charge in [-0.05, 0) is 29.8 Å². The third kappa shape index (κ3) is 2.74. The van der Waals surface area contributed by atoms with Crippen LogP contribution in [-0.2, 0) is 0 Å². The fraction of sp³-hybridized carbons (Fsp3) is 0.375. The van der Waals surface area contributed by atoms with E-state index >= 15 is 0 Å². The Labute approximate surface area is 90.4 Å². The number of rotatable bonds is 2. The zero-order valence-electron chi connectivity index (χ0n) is 7.38. The lowest BCUT2D eigenvalue weighted by molar-refractivity contribution is -0.893. The molecule has 0 saturated carbocycles. The van der Waals surface area contributed by atoms with E-state index in [1.165, 1.54) is 6.20 Å². The molecule has 5 heteroatoms. The summed E-state index contributed by atoms with van der Waals surface area (Å²) >= 11 is 9.04. The maximum absolute atomic E-state index is 9.41. The van der Waals surface area contributed by atoms with Crippen LogP contribution in [0.1, 0.15) is 13.8 Å². The van der Waals surface area contributed by atoms with E-state index < -0.39 is 0 Å². The maximum atomic E-state index is 9.41. The van der Waals surface area contributed by atoms with Crippen LogP contribution >= 0.6 is 27.5 Å². The number of aromatic nitrogens is 1. The molecule has 0 atom stereocenters. The van der Waals surface area contributed by atoms with Gasteiger partial charge in [-0.25, -0.2) is 0 Å². The largest absolute Gasteiger partial charge is 0.350 e. The molecular weight excluding hydrogens is 255 g/mol. The summed E-state index contributed by atoms with van der Waals surface area (Å²) < 4.78 is 1.72. The second-order valence-electron chi connectivity index (χ2n) is 3.00. The van der Waals surface area contributed by atoms with Gasteiger partial charge in [0.05, 0.1) is 11.1 Å². The molecule has 1 aromatic rings. The lowest BCUT2D eigenvalue weighted by atomic mass is 10.4. The lowest BCUT2D eigenvalue weighted by Crippen LogP contribution is -2.35. The lowest BCUT2D eigenvalue weighted by Gasteiger charge is -2.04. The van der Waals surface area contributed by atoms with Crippen molar-refractivity contribution in [3.63, 3.8) is 0 Å². The average Bonchev–Trinajstić information content (AvgIpc) is 1.99. The van der Waals surface area contributed by atoms with Crippen LogP contribution in [-0.4, -0.2) is 11.2 Å². The van der Waals surface area contributed by atoms with Crippen LogP contribution in [0.2, 0.25) is 5.02 Å². The molecule has 3 nitrogen and oxygen atoms in total. The van der Waals surface area contributed by atoms with Crippen molar-refractivity contribution in [2.45, 2.75) is 19.9 Å². The average molecular weight is 267 g/mol. The van der Waals surface area contributed by atoms with Crippen molar-refractivity contribution in [2.75, 3.05) is 5.32 Å². The summed E-state index contributed by atoms with van der Waals surface area (Å²) in [4.78, 5) is 0. The number of pyridine rings is 1. The maximum Gasteiger partial charge on any atom is 0.315 e. The van der Waals surface area contributed by atoms with Crippen molar-refractivity contribution < 1.29 is 9.94 Å². The Kier molecular flexibility index (Phi) is 3.39. The molecule has 0 aliphatic carbocycles. The van der Waals surface area contributed by atoms with E-state index in [-0.39, 0.29) is 6.04 Å². The first-order valence-electron chi connectivity index (χ1n) is 3.87. The molecule has 13 heavy (non-hydrogen) atoms. The SMILES string of the molecule is CC(C)Nc1cc(Br)c(Cl)c[n+]1O. The van der Waals surface area contributed by atoms with Crippen LogP contribution in [0.3, 0.4) is 0 Å². The van der Waals surface area contributed by atoms with E-state index in [0.29, 0.717) is 10.8 Å². The first kappa shape index (κ1) is 10.6. The Hall–Kier alpha value is -0.480. The number of hydrogen-bond acceptors (Lipinski definition) is 2. The smallest absolute Gasteiger partial charge is 0.315 e. The minimum Gasteiger partial charge on any atom is -0.350 e. The fourth-order valence-electron chi connectivity index (χ4n) is 0.897. The molecule has 0 bridgehead atoms. The summed E-state index contributed by atoms with van der Waals surface area (Å²) in [5, 5.41) is 12.9. The summed E-state index contributed by atoms with van der Waals surface area (Å²) in [6.45, 7) is 3.98. The van der Waals surface area contributed by atoms with Crippen molar-refractivity contribution in [1.82, 2.24) is 0 Å². The van der Waals surface area contributed by atoms with Crippen molar-refractivity contribution in [2.24, 2.45) is 0 Å². The molecule has 0 fully saturated rings. The van der Waals surface area contributed by atoms with E-state index in [9.17, 15) is 5.21 Å². The predicted molar refractivity (Wildman–Crippen MR) is 55.3 cm³/mol. The quantitative estimate of drug-likeness (QED) is 0.637. The fourth-order valence-corrected chi connectivity index (χ4v) is 1.36. The minimum absolute atomic E-state index is 0.256. The van der Waals surface area contributed by atoms with Crippen molar-refractivity contribution >= 4 is 33.3 Å². The number of nitrogens with one attached hydrogen (secondary N) is 1. The number of nitrogens with zero attached hydrogens (tertiary/aromatic N) is 1. The van der Waals surface area contributed by atoms with Crippen LogP contribution in [0.4, 0.5) is 5.82 Å². The van der Waals surface area contributed by atoms with E-state index in [1.807, 2.05) is 13.8 Å². The van der Waals surface area contributed by atoms with E-state index in [4.69, 9.17) is 11.6 Å². The highest BCUT2D eigenvalue weighted by Crippen LogP contribution is 2.22. The minimum atomic E-state index is 0.256. The summed E-state index contributed by atoms with van der Waals surface area (Å²) in [5.41, 5.74) is 0. The molecule has 1 heterocycles. The summed E-state index contributed by atoms with van der Waals surface area (Å²) in [5.74, 6) is 0.603. The van der Waals surface area contributed by atoms with Gasteiger partial charge >= 0.3 is 5.82 Å². The van der Waals surface area contributed by atoms with Crippen LogP contribution in [0, 0.1) is 0 Å². The molecule has 0 radical (unpaired) electrons. The van der Waals surface area contributed by atoms with Crippen LogP contribution in [0.5, 0.6) is 0 Å². The molecule has 0 unspecified atom stereocenters. The Morgan fingerprint density at radius 2 is 2.23 bits per heavy atom. The standard InChI is InChI=1S/C8H10BrClN2O/c1-5(2)11-8-3-6(9)7(10)4-12(8)13/h3-5,13H,1-2H3/p+1. The van der Waals surface area contributed by atoms with Crippen molar-refractivity contribution in [1.29, 1.82) is 0 Å². The molecule has 2 N–H and O–H groups in total. The first-order valence-corrected chi connectivity index (χ1v) is 5.04. The van der Waals surface area contributed by atoms with Crippen molar-refractivity contribution in [3.8, 4) is 0 Å².